The third-order valence-corrected chi connectivity index (χ3v) is 5.81. The van der Waals surface area contributed by atoms with Gasteiger partial charge in [0, 0.05) is 23.3 Å². The van der Waals surface area contributed by atoms with Gasteiger partial charge in [0.2, 0.25) is 0 Å². The minimum Gasteiger partial charge on any atom is -0.493 e. The first-order valence-corrected chi connectivity index (χ1v) is 11.3. The lowest BCUT2D eigenvalue weighted by Crippen LogP contribution is -2.36. The van der Waals surface area contributed by atoms with Crippen LogP contribution in [0.3, 0.4) is 0 Å². The van der Waals surface area contributed by atoms with Crippen molar-refractivity contribution in [3.63, 3.8) is 0 Å². The molecule has 7 nitrogen and oxygen atoms in total. The van der Waals surface area contributed by atoms with Crippen molar-refractivity contribution in [2.45, 2.75) is 19.9 Å². The number of pyridine rings is 1. The molecule has 0 spiro atoms. The third-order valence-electron chi connectivity index (χ3n) is 5.81. The van der Waals surface area contributed by atoms with Crippen molar-refractivity contribution in [1.29, 1.82) is 0 Å². The summed E-state index contributed by atoms with van der Waals surface area (Å²) in [5.41, 5.74) is 2.22. The molecule has 0 aliphatic rings. The lowest BCUT2D eigenvalue weighted by atomic mass is 9.94. The lowest BCUT2D eigenvalue weighted by Gasteiger charge is -2.33. The summed E-state index contributed by atoms with van der Waals surface area (Å²) in [5.74, 6) is 2.40. The molecule has 180 valence electrons. The van der Waals surface area contributed by atoms with E-state index in [1.807, 2.05) is 50.2 Å². The van der Waals surface area contributed by atoms with E-state index in [9.17, 15) is 9.90 Å². The van der Waals surface area contributed by atoms with Gasteiger partial charge in [0.25, 0.3) is 0 Å². The average molecular weight is 473 g/mol. The highest BCUT2D eigenvalue weighted by atomic mass is 16.5. The molecule has 1 amide bonds. The van der Waals surface area contributed by atoms with Crippen LogP contribution in [0.1, 0.15) is 25.5 Å². The second kappa shape index (κ2) is 10.3. The van der Waals surface area contributed by atoms with Crippen LogP contribution in [0.2, 0.25) is 0 Å². The molecule has 1 heterocycles. The zero-order valence-corrected chi connectivity index (χ0v) is 20.1. The van der Waals surface area contributed by atoms with Crippen LogP contribution in [-0.2, 0) is 0 Å². The quantitative estimate of drug-likeness (QED) is 0.300. The van der Waals surface area contributed by atoms with E-state index in [4.69, 9.17) is 14.2 Å². The fourth-order valence-electron chi connectivity index (χ4n) is 4.21. The van der Waals surface area contributed by atoms with Crippen molar-refractivity contribution < 1.29 is 24.1 Å². The molecule has 0 aliphatic carbocycles. The number of hydrogen-bond acceptors (Lipinski definition) is 5. The van der Waals surface area contributed by atoms with E-state index in [0.717, 1.165) is 10.9 Å². The van der Waals surface area contributed by atoms with Gasteiger partial charge in [0.05, 0.1) is 25.8 Å². The van der Waals surface area contributed by atoms with Gasteiger partial charge in [0.15, 0.2) is 11.5 Å². The van der Waals surface area contributed by atoms with E-state index in [-0.39, 0.29) is 12.0 Å². The molecule has 1 unspecified atom stereocenters. The standard InChI is InChI=1S/C28H28N2O5/c1-18(2)27(19-8-6-5-7-9-19)30(28(31)32)20-10-12-21(13-11-20)35-24-14-15-29-23-17-26(34-4)25(33-3)16-22(23)24/h5-18,27H,1-4H3,(H,31,32). The molecule has 0 bridgehead atoms. The second-order valence-corrected chi connectivity index (χ2v) is 8.38. The van der Waals surface area contributed by atoms with Crippen LogP contribution in [0.25, 0.3) is 10.9 Å². The highest BCUT2D eigenvalue weighted by Crippen LogP contribution is 2.38. The number of amides is 1. The molecule has 0 fully saturated rings. The predicted molar refractivity (Wildman–Crippen MR) is 136 cm³/mol. The Morgan fingerprint density at radius 1 is 0.886 bits per heavy atom. The van der Waals surface area contributed by atoms with Gasteiger partial charge in [-0.15, -0.1) is 0 Å². The molecule has 0 saturated heterocycles. The highest BCUT2D eigenvalue weighted by molar-refractivity contribution is 5.89. The zero-order valence-electron chi connectivity index (χ0n) is 20.1. The maximum absolute atomic E-state index is 12.3. The second-order valence-electron chi connectivity index (χ2n) is 8.38. The topological polar surface area (TPSA) is 81.1 Å². The van der Waals surface area contributed by atoms with Crippen LogP contribution < -0.4 is 19.1 Å². The number of rotatable bonds is 8. The lowest BCUT2D eigenvalue weighted by molar-refractivity contribution is 0.196. The summed E-state index contributed by atoms with van der Waals surface area (Å²) >= 11 is 0. The Bertz CT molecular complexity index is 1310. The van der Waals surface area contributed by atoms with Gasteiger partial charge in [-0.3, -0.25) is 9.88 Å². The molecule has 4 aromatic rings. The highest BCUT2D eigenvalue weighted by Gasteiger charge is 2.29. The number of aromatic nitrogens is 1. The number of hydrogen-bond donors (Lipinski definition) is 1. The van der Waals surface area contributed by atoms with Crippen molar-refractivity contribution in [2.75, 3.05) is 19.1 Å². The minimum absolute atomic E-state index is 0.0691. The molecule has 1 atom stereocenters. The summed E-state index contributed by atoms with van der Waals surface area (Å²) in [6.07, 6.45) is 0.652. The van der Waals surface area contributed by atoms with Gasteiger partial charge < -0.3 is 19.3 Å². The van der Waals surface area contributed by atoms with Crippen LogP contribution in [-0.4, -0.2) is 30.4 Å². The Kier molecular flexibility index (Phi) is 7.06. The number of nitrogens with zero attached hydrogens (tertiary/aromatic N) is 2. The summed E-state index contributed by atoms with van der Waals surface area (Å²) in [6, 6.07) is 21.8. The maximum atomic E-state index is 12.3. The van der Waals surface area contributed by atoms with Gasteiger partial charge in [0.1, 0.15) is 11.5 Å². The van der Waals surface area contributed by atoms with Gasteiger partial charge in [-0.2, -0.15) is 0 Å². The largest absolute Gasteiger partial charge is 0.493 e. The van der Waals surface area contributed by atoms with Crippen LogP contribution in [0.5, 0.6) is 23.0 Å². The fraction of sp³-hybridized carbons (Fsp3) is 0.214. The SMILES string of the molecule is COc1cc2nccc(Oc3ccc(N(C(=O)O)C(c4ccccc4)C(C)C)cc3)c2cc1OC. The molecule has 0 aliphatic heterocycles. The van der Waals surface area contributed by atoms with E-state index >= 15 is 0 Å². The molecular weight excluding hydrogens is 444 g/mol. The predicted octanol–water partition coefficient (Wildman–Crippen LogP) is 6.93. The third kappa shape index (κ3) is 4.99. The smallest absolute Gasteiger partial charge is 0.412 e. The molecule has 0 saturated carbocycles. The first kappa shape index (κ1) is 23.9. The molecule has 4 rings (SSSR count). The number of methoxy groups -OCH3 is 2. The normalized spacial score (nSPS) is 11.8. The number of benzene rings is 3. The molecular formula is C28H28N2O5. The monoisotopic (exact) mass is 472 g/mol. The Hall–Kier alpha value is -4.26. The summed E-state index contributed by atoms with van der Waals surface area (Å²) in [4.78, 5) is 18.1. The first-order valence-electron chi connectivity index (χ1n) is 11.3. The van der Waals surface area contributed by atoms with E-state index in [2.05, 4.69) is 4.98 Å². The Balaban J connectivity index is 1.65. The van der Waals surface area contributed by atoms with Crippen LogP contribution in [0, 0.1) is 5.92 Å². The van der Waals surface area contributed by atoms with Crippen molar-refractivity contribution >= 4 is 22.7 Å². The Morgan fingerprint density at radius 3 is 2.14 bits per heavy atom. The summed E-state index contributed by atoms with van der Waals surface area (Å²) in [5, 5.41) is 10.9. The summed E-state index contributed by atoms with van der Waals surface area (Å²) < 4.78 is 16.9. The number of fused-ring (bicyclic) bond motifs is 1. The fourth-order valence-corrected chi connectivity index (χ4v) is 4.21. The summed E-state index contributed by atoms with van der Waals surface area (Å²) in [7, 11) is 3.15. The van der Waals surface area contributed by atoms with Crippen LogP contribution in [0.15, 0.2) is 79.0 Å². The average Bonchev–Trinajstić information content (AvgIpc) is 2.87. The van der Waals surface area contributed by atoms with E-state index in [1.54, 1.807) is 56.8 Å². The van der Waals surface area contributed by atoms with Gasteiger partial charge in [-0.1, -0.05) is 44.2 Å². The summed E-state index contributed by atoms with van der Waals surface area (Å²) in [6.45, 7) is 4.03. The molecule has 35 heavy (non-hydrogen) atoms. The first-order chi connectivity index (χ1) is 16.9. The van der Waals surface area contributed by atoms with Crippen LogP contribution >= 0.6 is 0 Å². The number of anilines is 1. The number of carbonyl (C=O) groups is 1. The van der Waals surface area contributed by atoms with Crippen molar-refractivity contribution in [2.24, 2.45) is 5.92 Å². The van der Waals surface area contributed by atoms with Crippen LogP contribution in [0.4, 0.5) is 10.5 Å². The van der Waals surface area contributed by atoms with Gasteiger partial charge in [-0.05, 0) is 47.9 Å². The Morgan fingerprint density at radius 2 is 1.54 bits per heavy atom. The zero-order chi connectivity index (χ0) is 24.9. The van der Waals surface area contributed by atoms with Gasteiger partial charge >= 0.3 is 6.09 Å². The molecule has 7 heteroatoms. The Labute approximate surface area is 204 Å². The minimum atomic E-state index is -1.01. The molecule has 1 aromatic heterocycles. The number of carboxylic acid groups (broad SMARTS) is 1. The van der Waals surface area contributed by atoms with E-state index in [1.165, 1.54) is 4.90 Å². The van der Waals surface area contributed by atoms with E-state index < -0.39 is 6.09 Å². The molecule has 3 aromatic carbocycles. The van der Waals surface area contributed by atoms with Crippen molar-refractivity contribution in [3.05, 3.63) is 84.6 Å². The molecule has 0 radical (unpaired) electrons. The molecule has 1 N–H and O–H groups in total. The van der Waals surface area contributed by atoms with Crippen molar-refractivity contribution in [1.82, 2.24) is 4.98 Å². The van der Waals surface area contributed by atoms with Gasteiger partial charge in [-0.25, -0.2) is 4.79 Å². The maximum Gasteiger partial charge on any atom is 0.412 e. The van der Waals surface area contributed by atoms with Crippen molar-refractivity contribution in [3.8, 4) is 23.0 Å². The van der Waals surface area contributed by atoms with E-state index in [0.29, 0.717) is 34.2 Å². The number of ether oxygens (including phenoxy) is 3.